The second-order valence-electron chi connectivity index (χ2n) is 3.87. The van der Waals surface area contributed by atoms with Gasteiger partial charge in [-0.25, -0.2) is 0 Å². The second kappa shape index (κ2) is 4.33. The Morgan fingerprint density at radius 3 is 2.72 bits per heavy atom. The van der Waals surface area contributed by atoms with Crippen LogP contribution in [0.1, 0.15) is 10.4 Å². The fraction of sp³-hybridized carbons (Fsp3) is 0. The number of carbonyl (C=O) groups is 1. The maximum atomic E-state index is 12.1. The summed E-state index contributed by atoms with van der Waals surface area (Å²) in [5.74, 6) is 0.216. The molecule has 3 rings (SSSR count). The molecule has 18 heavy (non-hydrogen) atoms. The van der Waals surface area contributed by atoms with Crippen LogP contribution in [0.4, 0.5) is 5.82 Å². The molecule has 0 fully saturated rings. The fourth-order valence-corrected chi connectivity index (χ4v) is 1.88. The van der Waals surface area contributed by atoms with Crippen LogP contribution in [-0.4, -0.2) is 11.1 Å². The van der Waals surface area contributed by atoms with Crippen LogP contribution < -0.4 is 5.32 Å². The number of hydrogen-bond acceptors (Lipinski definition) is 3. The Balaban J connectivity index is 2.01. The number of aromatic nitrogens is 1. The minimum absolute atomic E-state index is 0.194. The number of benzene rings is 2. The van der Waals surface area contributed by atoms with Crippen molar-refractivity contribution < 1.29 is 9.32 Å². The Morgan fingerprint density at radius 2 is 1.89 bits per heavy atom. The molecule has 0 saturated carbocycles. The summed E-state index contributed by atoms with van der Waals surface area (Å²) < 4.78 is 4.67. The Morgan fingerprint density at radius 1 is 1.06 bits per heavy atom. The molecule has 0 aliphatic carbocycles. The third-order valence-corrected chi connectivity index (χ3v) is 2.71. The molecule has 0 radical (unpaired) electrons. The summed E-state index contributed by atoms with van der Waals surface area (Å²) in [5, 5.41) is 8.29. The van der Waals surface area contributed by atoms with Crippen molar-refractivity contribution in [1.29, 1.82) is 0 Å². The molecule has 1 N–H and O–H groups in total. The van der Waals surface area contributed by atoms with E-state index in [0.717, 1.165) is 10.8 Å². The van der Waals surface area contributed by atoms with E-state index in [2.05, 4.69) is 15.0 Å². The lowest BCUT2D eigenvalue weighted by atomic mass is 10.0. The van der Waals surface area contributed by atoms with Gasteiger partial charge in [-0.1, -0.05) is 41.6 Å². The molecule has 0 atom stereocenters. The third-order valence-electron chi connectivity index (χ3n) is 2.71. The van der Waals surface area contributed by atoms with Crippen LogP contribution in [0.25, 0.3) is 10.8 Å². The summed E-state index contributed by atoms with van der Waals surface area (Å²) >= 11 is 0. The van der Waals surface area contributed by atoms with Gasteiger partial charge in [0, 0.05) is 11.6 Å². The summed E-state index contributed by atoms with van der Waals surface area (Å²) in [6, 6.07) is 15.0. The molecule has 3 aromatic rings. The molecular formula is C14H10N2O2. The first-order valence-electron chi connectivity index (χ1n) is 5.54. The normalized spacial score (nSPS) is 10.4. The van der Waals surface area contributed by atoms with Crippen molar-refractivity contribution in [3.63, 3.8) is 0 Å². The number of amides is 1. The molecule has 1 heterocycles. The van der Waals surface area contributed by atoms with E-state index >= 15 is 0 Å². The van der Waals surface area contributed by atoms with E-state index in [1.54, 1.807) is 12.1 Å². The Labute approximate surface area is 103 Å². The number of rotatable bonds is 2. The molecule has 0 aliphatic rings. The number of carbonyl (C=O) groups excluding carboxylic acids is 1. The van der Waals surface area contributed by atoms with Gasteiger partial charge in [-0.3, -0.25) is 4.79 Å². The molecule has 1 aromatic heterocycles. The average molecular weight is 238 g/mol. The van der Waals surface area contributed by atoms with Crippen LogP contribution in [-0.2, 0) is 0 Å². The molecule has 2 aromatic carbocycles. The number of hydrogen-bond donors (Lipinski definition) is 1. The summed E-state index contributed by atoms with van der Waals surface area (Å²) in [5.41, 5.74) is 0.621. The molecule has 4 nitrogen and oxygen atoms in total. The zero-order valence-corrected chi connectivity index (χ0v) is 9.46. The van der Waals surface area contributed by atoms with E-state index in [-0.39, 0.29) is 5.91 Å². The summed E-state index contributed by atoms with van der Waals surface area (Å²) in [7, 11) is 0. The molecule has 0 aliphatic heterocycles. The van der Waals surface area contributed by atoms with Crippen molar-refractivity contribution in [1.82, 2.24) is 5.16 Å². The summed E-state index contributed by atoms with van der Waals surface area (Å²) in [6.07, 6.45) is 1.42. The fourth-order valence-electron chi connectivity index (χ4n) is 1.88. The quantitative estimate of drug-likeness (QED) is 0.746. The molecule has 0 spiro atoms. The number of fused-ring (bicyclic) bond motifs is 1. The van der Waals surface area contributed by atoms with Crippen LogP contribution in [0.2, 0.25) is 0 Å². The minimum atomic E-state index is -0.194. The molecule has 0 saturated heterocycles. The smallest absolute Gasteiger partial charge is 0.257 e. The lowest BCUT2D eigenvalue weighted by Crippen LogP contribution is -2.12. The van der Waals surface area contributed by atoms with E-state index in [9.17, 15) is 4.79 Å². The van der Waals surface area contributed by atoms with Gasteiger partial charge in [0.05, 0.1) is 0 Å². The number of nitrogens with one attached hydrogen (secondary N) is 1. The molecular weight excluding hydrogens is 228 g/mol. The van der Waals surface area contributed by atoms with Crippen LogP contribution in [0.5, 0.6) is 0 Å². The topological polar surface area (TPSA) is 55.1 Å². The minimum Gasteiger partial charge on any atom is -0.363 e. The molecule has 1 amide bonds. The highest BCUT2D eigenvalue weighted by atomic mass is 16.5. The first-order valence-corrected chi connectivity index (χ1v) is 5.54. The van der Waals surface area contributed by atoms with Gasteiger partial charge in [0.2, 0.25) is 0 Å². The number of nitrogens with zero attached hydrogens (tertiary/aromatic N) is 1. The highest BCUT2D eigenvalue weighted by Crippen LogP contribution is 2.19. The van der Waals surface area contributed by atoms with Gasteiger partial charge in [-0.2, -0.15) is 0 Å². The van der Waals surface area contributed by atoms with Gasteiger partial charge in [0.1, 0.15) is 6.26 Å². The first-order chi connectivity index (χ1) is 8.84. The monoisotopic (exact) mass is 238 g/mol. The van der Waals surface area contributed by atoms with Crippen molar-refractivity contribution in [2.24, 2.45) is 0 Å². The maximum absolute atomic E-state index is 12.1. The predicted molar refractivity (Wildman–Crippen MR) is 68.4 cm³/mol. The van der Waals surface area contributed by atoms with Crippen molar-refractivity contribution in [2.75, 3.05) is 5.32 Å². The van der Waals surface area contributed by atoms with Gasteiger partial charge in [0.25, 0.3) is 5.91 Å². The predicted octanol–water partition coefficient (Wildman–Crippen LogP) is 3.08. The van der Waals surface area contributed by atoms with E-state index in [1.165, 1.54) is 6.26 Å². The van der Waals surface area contributed by atoms with Gasteiger partial charge in [-0.05, 0) is 16.8 Å². The molecule has 0 bridgehead atoms. The van der Waals surface area contributed by atoms with Gasteiger partial charge in [-0.15, -0.1) is 0 Å². The third kappa shape index (κ3) is 1.84. The van der Waals surface area contributed by atoms with Crippen molar-refractivity contribution in [3.05, 3.63) is 60.4 Å². The molecule has 88 valence electrons. The van der Waals surface area contributed by atoms with E-state index in [1.807, 2.05) is 36.4 Å². The summed E-state index contributed by atoms with van der Waals surface area (Å²) in [4.78, 5) is 12.1. The van der Waals surface area contributed by atoms with Crippen LogP contribution in [0, 0.1) is 0 Å². The van der Waals surface area contributed by atoms with Crippen molar-refractivity contribution in [3.8, 4) is 0 Å². The van der Waals surface area contributed by atoms with Crippen molar-refractivity contribution in [2.45, 2.75) is 0 Å². The van der Waals surface area contributed by atoms with Crippen LogP contribution in [0.3, 0.4) is 0 Å². The molecule has 4 heteroatoms. The highest BCUT2D eigenvalue weighted by molar-refractivity contribution is 6.12. The van der Waals surface area contributed by atoms with E-state index < -0.39 is 0 Å². The number of anilines is 1. The Kier molecular flexibility index (Phi) is 2.53. The SMILES string of the molecule is O=C(Nc1ccon1)c1cccc2ccccc12. The second-order valence-corrected chi connectivity index (χ2v) is 3.87. The zero-order valence-electron chi connectivity index (χ0n) is 9.46. The van der Waals surface area contributed by atoms with Crippen LogP contribution >= 0.6 is 0 Å². The highest BCUT2D eigenvalue weighted by Gasteiger charge is 2.10. The largest absolute Gasteiger partial charge is 0.363 e. The van der Waals surface area contributed by atoms with Crippen LogP contribution in [0.15, 0.2) is 59.3 Å². The molecule has 0 unspecified atom stereocenters. The van der Waals surface area contributed by atoms with Gasteiger partial charge in [0.15, 0.2) is 5.82 Å². The van der Waals surface area contributed by atoms with E-state index in [0.29, 0.717) is 11.4 Å². The first kappa shape index (κ1) is 10.5. The summed E-state index contributed by atoms with van der Waals surface area (Å²) in [6.45, 7) is 0. The maximum Gasteiger partial charge on any atom is 0.257 e. The van der Waals surface area contributed by atoms with Crippen molar-refractivity contribution >= 4 is 22.5 Å². The lowest BCUT2D eigenvalue weighted by Gasteiger charge is -2.05. The average Bonchev–Trinajstić information content (AvgIpc) is 2.91. The van der Waals surface area contributed by atoms with Gasteiger partial charge < -0.3 is 9.84 Å². The standard InChI is InChI=1S/C14H10N2O2/c17-14(15-13-8-9-18-16-13)12-7-3-5-10-4-1-2-6-11(10)12/h1-9H,(H,15,16,17). The zero-order chi connectivity index (χ0) is 12.4. The van der Waals surface area contributed by atoms with E-state index in [4.69, 9.17) is 0 Å². The Bertz CT molecular complexity index is 685. The lowest BCUT2D eigenvalue weighted by molar-refractivity contribution is 0.102. The van der Waals surface area contributed by atoms with Gasteiger partial charge >= 0.3 is 0 Å². The Hall–Kier alpha value is -2.62.